The maximum Gasteiger partial charge on any atom is 0.105 e. The monoisotopic (exact) mass is 485 g/mol. The van der Waals surface area contributed by atoms with E-state index in [1.807, 2.05) is 52.2 Å². The Balaban J connectivity index is 0.000000755. The number of alkyl halides is 1. The molecule has 1 aromatic carbocycles. The third-order valence-corrected chi connectivity index (χ3v) is 5.31. The number of aryl methyl sites for hydroxylation is 2. The Morgan fingerprint density at radius 2 is 1.88 bits per heavy atom. The van der Waals surface area contributed by atoms with Gasteiger partial charge in [-0.2, -0.15) is 0 Å². The van der Waals surface area contributed by atoms with Gasteiger partial charge < -0.3 is 9.88 Å². The highest BCUT2D eigenvalue weighted by Crippen LogP contribution is 2.32. The minimum absolute atomic E-state index is 0.140. The molecular weight excluding hydrogens is 442 g/mol. The Hall–Kier alpha value is -2.47. The van der Waals surface area contributed by atoms with E-state index < -0.39 is 0 Å². The van der Waals surface area contributed by atoms with E-state index in [2.05, 4.69) is 75.7 Å². The first kappa shape index (κ1) is 31.5. The van der Waals surface area contributed by atoms with Gasteiger partial charge in [-0.1, -0.05) is 56.8 Å². The Morgan fingerprint density at radius 3 is 2.35 bits per heavy atom. The number of allylic oxidation sites excluding steroid dienone is 1. The highest BCUT2D eigenvalue weighted by atomic mass is 35.5. The van der Waals surface area contributed by atoms with Crippen LogP contribution in [0.3, 0.4) is 0 Å². The average Bonchev–Trinajstić information content (AvgIpc) is 3.34. The van der Waals surface area contributed by atoms with E-state index >= 15 is 0 Å². The summed E-state index contributed by atoms with van der Waals surface area (Å²) in [5.74, 6) is 1.52. The number of imidazole rings is 1. The van der Waals surface area contributed by atoms with Gasteiger partial charge in [-0.3, -0.25) is 9.89 Å². The van der Waals surface area contributed by atoms with Crippen molar-refractivity contribution in [2.24, 2.45) is 4.99 Å². The van der Waals surface area contributed by atoms with E-state index in [1.54, 1.807) is 6.21 Å². The van der Waals surface area contributed by atoms with Gasteiger partial charge >= 0.3 is 0 Å². The van der Waals surface area contributed by atoms with Gasteiger partial charge in [0.15, 0.2) is 0 Å². The first-order chi connectivity index (χ1) is 16.7. The highest BCUT2D eigenvalue weighted by Gasteiger charge is 2.26. The molecular formula is C28H44ClN5. The Morgan fingerprint density at radius 1 is 1.24 bits per heavy atom. The molecule has 5 nitrogen and oxygen atoms in total. The van der Waals surface area contributed by atoms with Crippen LogP contribution in [0.1, 0.15) is 50.7 Å². The summed E-state index contributed by atoms with van der Waals surface area (Å²) in [7, 11) is 0. The average molecular weight is 486 g/mol. The second-order valence-electron chi connectivity index (χ2n) is 6.96. The topological polar surface area (TPSA) is 45.5 Å². The molecule has 2 heterocycles. The van der Waals surface area contributed by atoms with Gasteiger partial charge in [0.25, 0.3) is 0 Å². The molecule has 0 aliphatic carbocycles. The molecule has 2 aromatic rings. The summed E-state index contributed by atoms with van der Waals surface area (Å²) in [6.07, 6.45) is 9.56. The van der Waals surface area contributed by atoms with Crippen LogP contribution in [0.4, 0.5) is 0 Å². The quantitative estimate of drug-likeness (QED) is 0.275. The number of aromatic nitrogens is 2. The zero-order valence-corrected chi connectivity index (χ0v) is 22.6. The summed E-state index contributed by atoms with van der Waals surface area (Å²) in [4.78, 5) is 11.1. The number of benzene rings is 1. The molecule has 1 saturated heterocycles. The standard InChI is InChI=1S/C18H24ClN3.C6H10N2.C2H6.C2H4/c1-3-15-7-5-6-8-16(15)18(17(4-2)21-10-9-19)22-13-11-20-12-14-22;1-3-8-5-4-7-6(8)2;2*1-2/h3-8,10,18,20H,1,9,11-14H2,2H3;4-5H,3H2,1-2H3;1-2H3;1-2H2/b17-4-,21-10?;;;. The van der Waals surface area contributed by atoms with E-state index in [0.717, 1.165) is 49.8 Å². The van der Waals surface area contributed by atoms with E-state index in [-0.39, 0.29) is 6.04 Å². The molecule has 1 aliphatic rings. The molecule has 0 amide bonds. The predicted octanol–water partition coefficient (Wildman–Crippen LogP) is 6.53. The Labute approximate surface area is 213 Å². The van der Waals surface area contributed by atoms with Gasteiger partial charge in [0, 0.05) is 51.3 Å². The van der Waals surface area contributed by atoms with Crippen molar-refractivity contribution in [3.05, 3.63) is 85.1 Å². The van der Waals surface area contributed by atoms with Crippen LogP contribution in [0, 0.1) is 6.92 Å². The molecule has 0 spiro atoms. The fraction of sp³-hybridized carbons (Fsp3) is 0.429. The van der Waals surface area contributed by atoms with Crippen molar-refractivity contribution >= 4 is 23.9 Å². The van der Waals surface area contributed by atoms with Crippen LogP contribution in [-0.4, -0.2) is 52.7 Å². The van der Waals surface area contributed by atoms with Crippen molar-refractivity contribution in [1.82, 2.24) is 19.8 Å². The van der Waals surface area contributed by atoms with Crippen molar-refractivity contribution in [2.45, 2.75) is 47.2 Å². The lowest BCUT2D eigenvalue weighted by atomic mass is 9.95. The molecule has 34 heavy (non-hydrogen) atoms. The summed E-state index contributed by atoms with van der Waals surface area (Å²) in [6, 6.07) is 8.54. The third-order valence-electron chi connectivity index (χ3n) is 5.18. The van der Waals surface area contributed by atoms with Gasteiger partial charge in [-0.25, -0.2) is 4.98 Å². The molecule has 1 unspecified atom stereocenters. The van der Waals surface area contributed by atoms with Gasteiger partial charge in [0.05, 0.1) is 17.6 Å². The number of nitrogens with zero attached hydrogens (tertiary/aromatic N) is 4. The minimum atomic E-state index is 0.140. The summed E-state index contributed by atoms with van der Waals surface area (Å²) in [5.41, 5.74) is 3.45. The fourth-order valence-electron chi connectivity index (χ4n) is 3.61. The predicted molar refractivity (Wildman–Crippen MR) is 152 cm³/mol. The van der Waals surface area contributed by atoms with Crippen molar-refractivity contribution in [1.29, 1.82) is 0 Å². The molecule has 1 aliphatic heterocycles. The van der Waals surface area contributed by atoms with Crippen LogP contribution in [0.15, 0.2) is 73.2 Å². The zero-order valence-electron chi connectivity index (χ0n) is 21.8. The van der Waals surface area contributed by atoms with E-state index in [1.165, 1.54) is 5.56 Å². The van der Waals surface area contributed by atoms with E-state index in [0.29, 0.717) is 5.88 Å². The third kappa shape index (κ3) is 10.2. The first-order valence-corrected chi connectivity index (χ1v) is 12.6. The van der Waals surface area contributed by atoms with Gasteiger partial charge in [0.1, 0.15) is 5.82 Å². The number of hydrogen-bond donors (Lipinski definition) is 1. The number of nitrogens with one attached hydrogen (secondary N) is 1. The molecule has 1 N–H and O–H groups in total. The maximum absolute atomic E-state index is 5.78. The van der Waals surface area contributed by atoms with Crippen molar-refractivity contribution < 1.29 is 0 Å². The normalized spacial score (nSPS) is 14.6. The van der Waals surface area contributed by atoms with Gasteiger partial charge in [0.2, 0.25) is 0 Å². The van der Waals surface area contributed by atoms with Crippen molar-refractivity contribution in [3.63, 3.8) is 0 Å². The highest BCUT2D eigenvalue weighted by molar-refractivity contribution is 6.24. The summed E-state index contributed by atoms with van der Waals surface area (Å²) >= 11 is 5.78. The van der Waals surface area contributed by atoms with Crippen LogP contribution in [0.2, 0.25) is 0 Å². The molecule has 6 heteroatoms. The maximum atomic E-state index is 5.78. The SMILES string of the molecule is C=C.C=Cc1ccccc1C(/C(=C/C)N=CCCl)N1CCNCC1.CC.CCn1ccnc1C. The van der Waals surface area contributed by atoms with Crippen LogP contribution >= 0.6 is 11.6 Å². The molecule has 1 aromatic heterocycles. The van der Waals surface area contributed by atoms with Gasteiger partial charge in [-0.05, 0) is 31.9 Å². The zero-order chi connectivity index (χ0) is 25.8. The largest absolute Gasteiger partial charge is 0.335 e. The second-order valence-corrected chi connectivity index (χ2v) is 7.27. The fourth-order valence-corrected chi connectivity index (χ4v) is 3.68. The molecule has 1 fully saturated rings. The molecule has 0 saturated carbocycles. The lowest BCUT2D eigenvalue weighted by Gasteiger charge is -2.36. The molecule has 188 valence electrons. The van der Waals surface area contributed by atoms with Crippen LogP contribution in [0.5, 0.6) is 0 Å². The Bertz CT molecular complexity index is 850. The van der Waals surface area contributed by atoms with Crippen molar-refractivity contribution in [2.75, 3.05) is 32.1 Å². The molecule has 0 radical (unpaired) electrons. The summed E-state index contributed by atoms with van der Waals surface area (Å²) in [6.45, 7) is 25.1. The van der Waals surface area contributed by atoms with E-state index in [4.69, 9.17) is 11.6 Å². The lowest BCUT2D eigenvalue weighted by Crippen LogP contribution is -2.45. The second kappa shape index (κ2) is 20.0. The molecule has 0 bridgehead atoms. The van der Waals surface area contributed by atoms with Crippen LogP contribution in [-0.2, 0) is 6.54 Å². The number of rotatable bonds is 7. The van der Waals surface area contributed by atoms with E-state index in [9.17, 15) is 0 Å². The van der Waals surface area contributed by atoms with Crippen molar-refractivity contribution in [3.8, 4) is 0 Å². The first-order valence-electron chi connectivity index (χ1n) is 12.0. The molecule has 3 rings (SSSR count). The lowest BCUT2D eigenvalue weighted by molar-refractivity contribution is 0.194. The van der Waals surface area contributed by atoms with Gasteiger partial charge in [-0.15, -0.1) is 24.8 Å². The smallest absolute Gasteiger partial charge is 0.105 e. The number of piperazine rings is 1. The number of halogens is 1. The van der Waals surface area contributed by atoms with Crippen LogP contribution in [0.25, 0.3) is 6.08 Å². The minimum Gasteiger partial charge on any atom is -0.335 e. The number of hydrogen-bond acceptors (Lipinski definition) is 4. The summed E-state index contributed by atoms with van der Waals surface area (Å²) < 4.78 is 2.10. The van der Waals surface area contributed by atoms with Crippen LogP contribution < -0.4 is 5.32 Å². The number of aliphatic imine (C=N–C) groups is 1. The summed E-state index contributed by atoms with van der Waals surface area (Å²) in [5, 5.41) is 3.41. The Kier molecular flexibility index (Phi) is 18.5. The molecule has 1 atom stereocenters.